The molecule has 10 heteroatoms. The van der Waals surface area contributed by atoms with Crippen LogP contribution in [-0.2, 0) is 12.4 Å². The quantitative estimate of drug-likeness (QED) is 0.759. The highest BCUT2D eigenvalue weighted by atomic mass is 19.4. The summed E-state index contributed by atoms with van der Waals surface area (Å²) in [5, 5.41) is 4.44. The van der Waals surface area contributed by atoms with Crippen LogP contribution in [0.3, 0.4) is 0 Å². The normalized spacial score (nSPS) is 12.8. The van der Waals surface area contributed by atoms with Crippen molar-refractivity contribution in [2.75, 3.05) is 7.11 Å². The third-order valence-corrected chi connectivity index (χ3v) is 2.35. The first kappa shape index (κ1) is 14.3. The first-order chi connectivity index (χ1) is 9.14. The molecule has 2 aromatic rings. The molecule has 0 saturated heterocycles. The zero-order chi connectivity index (χ0) is 15.1. The smallest absolute Gasteiger partial charge is 0.437 e. The standard InChI is InChI=1S/C10H5F6N3O/c1-20-5-3-2-4-6(17-5)8(10(14,15)16)19-18-7(4)9(11,12)13/h2-3H,1H3. The number of nitrogens with zero attached hydrogens (tertiary/aromatic N) is 3. The van der Waals surface area contributed by atoms with Crippen LogP contribution in [0.4, 0.5) is 26.3 Å². The highest BCUT2D eigenvalue weighted by molar-refractivity contribution is 5.84. The van der Waals surface area contributed by atoms with Crippen LogP contribution in [0.15, 0.2) is 12.1 Å². The molecule has 2 aromatic heterocycles. The summed E-state index contributed by atoms with van der Waals surface area (Å²) in [6, 6.07) is 1.83. The summed E-state index contributed by atoms with van der Waals surface area (Å²) < 4.78 is 80.8. The van der Waals surface area contributed by atoms with Gasteiger partial charge < -0.3 is 4.74 Å². The van der Waals surface area contributed by atoms with Gasteiger partial charge >= 0.3 is 12.4 Å². The molecule has 0 radical (unpaired) electrons. The van der Waals surface area contributed by atoms with Crippen molar-refractivity contribution in [3.05, 3.63) is 23.5 Å². The van der Waals surface area contributed by atoms with E-state index < -0.39 is 34.6 Å². The van der Waals surface area contributed by atoms with E-state index in [1.807, 2.05) is 0 Å². The third-order valence-electron chi connectivity index (χ3n) is 2.35. The number of hydrogen-bond donors (Lipinski definition) is 0. The van der Waals surface area contributed by atoms with E-state index >= 15 is 0 Å². The number of hydrogen-bond acceptors (Lipinski definition) is 4. The molecular weight excluding hydrogens is 292 g/mol. The van der Waals surface area contributed by atoms with E-state index in [2.05, 4.69) is 19.9 Å². The number of fused-ring (bicyclic) bond motifs is 1. The summed E-state index contributed by atoms with van der Waals surface area (Å²) in [7, 11) is 1.13. The molecule has 0 aromatic carbocycles. The zero-order valence-corrected chi connectivity index (χ0v) is 9.67. The van der Waals surface area contributed by atoms with Crippen molar-refractivity contribution in [2.24, 2.45) is 0 Å². The number of aromatic nitrogens is 3. The van der Waals surface area contributed by atoms with Crippen molar-refractivity contribution in [1.29, 1.82) is 0 Å². The van der Waals surface area contributed by atoms with Gasteiger partial charge in [-0.05, 0) is 6.07 Å². The predicted octanol–water partition coefficient (Wildman–Crippen LogP) is 3.07. The Kier molecular flexibility index (Phi) is 3.18. The molecule has 2 rings (SSSR count). The van der Waals surface area contributed by atoms with Crippen LogP contribution in [0.25, 0.3) is 10.9 Å². The summed E-state index contributed by atoms with van der Waals surface area (Å²) >= 11 is 0. The SMILES string of the molecule is COc1ccc2c(C(F)(F)F)nnc(C(F)(F)F)c2n1. The van der Waals surface area contributed by atoms with Gasteiger partial charge in [0.25, 0.3) is 0 Å². The fraction of sp³-hybridized carbons (Fsp3) is 0.300. The van der Waals surface area contributed by atoms with Gasteiger partial charge in [0.05, 0.1) is 7.11 Å². The average molecular weight is 297 g/mol. The molecule has 4 nitrogen and oxygen atoms in total. The van der Waals surface area contributed by atoms with Crippen molar-refractivity contribution in [2.45, 2.75) is 12.4 Å². The number of rotatable bonds is 1. The maximum absolute atomic E-state index is 12.7. The lowest BCUT2D eigenvalue weighted by molar-refractivity contribution is -0.145. The van der Waals surface area contributed by atoms with Gasteiger partial charge in [-0.3, -0.25) is 0 Å². The van der Waals surface area contributed by atoms with Crippen molar-refractivity contribution >= 4 is 10.9 Å². The van der Waals surface area contributed by atoms with Crippen molar-refractivity contribution < 1.29 is 31.1 Å². The Bertz CT molecular complexity index is 652. The molecule has 108 valence electrons. The van der Waals surface area contributed by atoms with Gasteiger partial charge in [-0.1, -0.05) is 0 Å². The highest BCUT2D eigenvalue weighted by Crippen LogP contribution is 2.37. The van der Waals surface area contributed by atoms with Crippen LogP contribution in [-0.4, -0.2) is 22.3 Å². The first-order valence-electron chi connectivity index (χ1n) is 5.00. The summed E-state index contributed by atoms with van der Waals surface area (Å²) in [6.45, 7) is 0. The molecule has 0 fully saturated rings. The Morgan fingerprint density at radius 3 is 1.95 bits per heavy atom. The summed E-state index contributed by atoms with van der Waals surface area (Å²) in [5.41, 5.74) is -4.09. The topological polar surface area (TPSA) is 47.9 Å². The van der Waals surface area contributed by atoms with Gasteiger partial charge in [-0.2, -0.15) is 26.3 Å². The monoisotopic (exact) mass is 297 g/mol. The Labute approximate surface area is 107 Å². The molecule has 0 atom stereocenters. The zero-order valence-electron chi connectivity index (χ0n) is 9.67. The molecule has 0 unspecified atom stereocenters. The lowest BCUT2D eigenvalue weighted by Gasteiger charge is -2.12. The Morgan fingerprint density at radius 1 is 0.900 bits per heavy atom. The number of ether oxygens (including phenoxy) is 1. The van der Waals surface area contributed by atoms with Crippen LogP contribution < -0.4 is 4.74 Å². The van der Waals surface area contributed by atoms with E-state index in [1.165, 1.54) is 0 Å². The minimum absolute atomic E-state index is 0.260. The average Bonchev–Trinajstić information content (AvgIpc) is 2.34. The van der Waals surface area contributed by atoms with Gasteiger partial charge in [0.2, 0.25) is 5.88 Å². The second kappa shape index (κ2) is 4.46. The fourth-order valence-corrected chi connectivity index (χ4v) is 1.53. The Balaban J connectivity index is 2.86. The molecule has 0 aliphatic heterocycles. The number of methoxy groups -OCH3 is 1. The van der Waals surface area contributed by atoms with Crippen LogP contribution in [0.1, 0.15) is 11.4 Å². The van der Waals surface area contributed by atoms with Crippen LogP contribution >= 0.6 is 0 Å². The lowest BCUT2D eigenvalue weighted by atomic mass is 10.1. The maximum Gasteiger partial charge on any atom is 0.437 e. The fourth-order valence-electron chi connectivity index (χ4n) is 1.53. The molecule has 0 saturated carbocycles. The van der Waals surface area contributed by atoms with Gasteiger partial charge in [0.15, 0.2) is 11.4 Å². The molecular formula is C10H5F6N3O. The molecule has 20 heavy (non-hydrogen) atoms. The molecule has 0 spiro atoms. The van der Waals surface area contributed by atoms with E-state index in [-0.39, 0.29) is 5.88 Å². The van der Waals surface area contributed by atoms with Gasteiger partial charge in [-0.15, -0.1) is 10.2 Å². The largest absolute Gasteiger partial charge is 0.481 e. The number of alkyl halides is 6. The van der Waals surface area contributed by atoms with E-state index in [0.717, 1.165) is 19.2 Å². The van der Waals surface area contributed by atoms with Gasteiger partial charge in [0, 0.05) is 11.5 Å². The lowest BCUT2D eigenvalue weighted by Crippen LogP contribution is -2.16. The summed E-state index contributed by atoms with van der Waals surface area (Å²) in [4.78, 5) is 3.39. The molecule has 0 N–H and O–H groups in total. The van der Waals surface area contributed by atoms with Crippen LogP contribution in [0.2, 0.25) is 0 Å². The number of pyridine rings is 1. The van der Waals surface area contributed by atoms with Gasteiger partial charge in [-0.25, -0.2) is 4.98 Å². The number of halogens is 6. The van der Waals surface area contributed by atoms with E-state index in [1.54, 1.807) is 0 Å². The minimum Gasteiger partial charge on any atom is -0.481 e. The molecule has 2 heterocycles. The van der Waals surface area contributed by atoms with E-state index in [9.17, 15) is 26.3 Å². The van der Waals surface area contributed by atoms with Crippen LogP contribution in [0.5, 0.6) is 5.88 Å². The molecule has 0 aliphatic rings. The second-order valence-electron chi connectivity index (χ2n) is 3.64. The highest BCUT2D eigenvalue weighted by Gasteiger charge is 2.41. The van der Waals surface area contributed by atoms with E-state index in [0.29, 0.717) is 0 Å². The Hall–Kier alpha value is -2.13. The molecule has 0 amide bonds. The molecule has 0 bridgehead atoms. The summed E-state index contributed by atoms with van der Waals surface area (Å²) in [6.07, 6.45) is -9.92. The third kappa shape index (κ3) is 2.45. The van der Waals surface area contributed by atoms with Gasteiger partial charge in [0.1, 0.15) is 5.52 Å². The first-order valence-corrected chi connectivity index (χ1v) is 5.00. The van der Waals surface area contributed by atoms with Crippen LogP contribution in [0, 0.1) is 0 Å². The van der Waals surface area contributed by atoms with Crippen molar-refractivity contribution in [3.63, 3.8) is 0 Å². The predicted molar refractivity (Wildman–Crippen MR) is 53.9 cm³/mol. The molecule has 0 aliphatic carbocycles. The summed E-state index contributed by atoms with van der Waals surface area (Å²) in [5.74, 6) is -0.260. The van der Waals surface area contributed by atoms with Crippen molar-refractivity contribution in [3.8, 4) is 5.88 Å². The Morgan fingerprint density at radius 2 is 1.45 bits per heavy atom. The van der Waals surface area contributed by atoms with Crippen molar-refractivity contribution in [1.82, 2.24) is 15.2 Å². The second-order valence-corrected chi connectivity index (χ2v) is 3.64. The maximum atomic E-state index is 12.7. The minimum atomic E-state index is -4.98. The van der Waals surface area contributed by atoms with E-state index in [4.69, 9.17) is 0 Å².